The molecule has 0 aromatic carbocycles. The van der Waals surface area contributed by atoms with Crippen LogP contribution < -0.4 is 4.90 Å². The number of aromatic nitrogens is 1. The van der Waals surface area contributed by atoms with Crippen molar-refractivity contribution in [1.29, 1.82) is 0 Å². The topological polar surface area (TPSA) is 36.4 Å². The lowest BCUT2D eigenvalue weighted by Crippen LogP contribution is -2.07. The second-order valence-corrected chi connectivity index (χ2v) is 3.57. The lowest BCUT2D eigenvalue weighted by Gasteiger charge is -2.04. The standard InChI is InChI=1S/C7H12N2OS/c1-9(2)7-8-5-6(11-7)3-4-10/h5,10H,3-4H2,1-2H3. The summed E-state index contributed by atoms with van der Waals surface area (Å²) in [5.41, 5.74) is 0. The summed E-state index contributed by atoms with van der Waals surface area (Å²) in [7, 11) is 3.92. The Labute approximate surface area is 70.3 Å². The predicted molar refractivity (Wildman–Crippen MR) is 47.2 cm³/mol. The van der Waals surface area contributed by atoms with Crippen LogP contribution in [-0.2, 0) is 6.42 Å². The van der Waals surface area contributed by atoms with Crippen LogP contribution in [0.15, 0.2) is 6.20 Å². The van der Waals surface area contributed by atoms with Crippen molar-refractivity contribution < 1.29 is 5.11 Å². The van der Waals surface area contributed by atoms with Gasteiger partial charge in [0.15, 0.2) is 5.13 Å². The molecule has 0 fully saturated rings. The molecule has 11 heavy (non-hydrogen) atoms. The summed E-state index contributed by atoms with van der Waals surface area (Å²) in [5, 5.41) is 9.63. The number of hydrogen-bond donors (Lipinski definition) is 1. The number of aliphatic hydroxyl groups excluding tert-OH is 1. The van der Waals surface area contributed by atoms with E-state index in [2.05, 4.69) is 4.98 Å². The van der Waals surface area contributed by atoms with Crippen molar-refractivity contribution in [2.45, 2.75) is 6.42 Å². The lowest BCUT2D eigenvalue weighted by atomic mass is 10.4. The van der Waals surface area contributed by atoms with Gasteiger partial charge >= 0.3 is 0 Å². The molecule has 1 rings (SSSR count). The first-order valence-electron chi connectivity index (χ1n) is 3.47. The predicted octanol–water partition coefficient (Wildman–Crippen LogP) is 0.744. The molecule has 0 spiro atoms. The van der Waals surface area contributed by atoms with Crippen molar-refractivity contribution in [2.75, 3.05) is 25.6 Å². The first-order chi connectivity index (χ1) is 5.24. The normalized spacial score (nSPS) is 10.1. The largest absolute Gasteiger partial charge is 0.396 e. The second kappa shape index (κ2) is 3.69. The van der Waals surface area contributed by atoms with Crippen molar-refractivity contribution in [3.05, 3.63) is 11.1 Å². The molecule has 0 bridgehead atoms. The van der Waals surface area contributed by atoms with E-state index in [1.165, 1.54) is 0 Å². The fraction of sp³-hybridized carbons (Fsp3) is 0.571. The summed E-state index contributed by atoms with van der Waals surface area (Å²) >= 11 is 1.62. The molecule has 0 aliphatic rings. The summed E-state index contributed by atoms with van der Waals surface area (Å²) in [6, 6.07) is 0. The Morgan fingerprint density at radius 2 is 2.36 bits per heavy atom. The molecule has 0 saturated heterocycles. The summed E-state index contributed by atoms with van der Waals surface area (Å²) in [4.78, 5) is 7.27. The van der Waals surface area contributed by atoms with Gasteiger partial charge in [-0.1, -0.05) is 0 Å². The van der Waals surface area contributed by atoms with E-state index >= 15 is 0 Å². The van der Waals surface area contributed by atoms with Crippen molar-refractivity contribution in [2.24, 2.45) is 0 Å². The zero-order valence-electron chi connectivity index (χ0n) is 6.74. The maximum absolute atomic E-state index is 8.63. The molecular weight excluding hydrogens is 160 g/mol. The highest BCUT2D eigenvalue weighted by atomic mass is 32.1. The first kappa shape index (κ1) is 8.49. The molecule has 0 unspecified atom stereocenters. The highest BCUT2D eigenvalue weighted by Gasteiger charge is 2.01. The minimum Gasteiger partial charge on any atom is -0.396 e. The van der Waals surface area contributed by atoms with Gasteiger partial charge in [-0.25, -0.2) is 4.98 Å². The molecule has 0 radical (unpaired) electrons. The highest BCUT2D eigenvalue weighted by Crippen LogP contribution is 2.20. The van der Waals surface area contributed by atoms with E-state index in [0.717, 1.165) is 10.0 Å². The zero-order chi connectivity index (χ0) is 8.27. The first-order valence-corrected chi connectivity index (χ1v) is 4.28. The van der Waals surface area contributed by atoms with Gasteiger partial charge < -0.3 is 10.0 Å². The van der Waals surface area contributed by atoms with Gasteiger partial charge in [0, 0.05) is 38.2 Å². The van der Waals surface area contributed by atoms with Crippen LogP contribution in [0.2, 0.25) is 0 Å². The monoisotopic (exact) mass is 172 g/mol. The third-order valence-corrected chi connectivity index (χ3v) is 2.51. The van der Waals surface area contributed by atoms with Crippen molar-refractivity contribution in [3.63, 3.8) is 0 Å². The van der Waals surface area contributed by atoms with Gasteiger partial charge in [-0.05, 0) is 0 Å². The Kier molecular flexibility index (Phi) is 2.84. The Hall–Kier alpha value is -0.610. The molecule has 1 aromatic rings. The fourth-order valence-corrected chi connectivity index (χ4v) is 1.55. The molecule has 62 valence electrons. The Bertz CT molecular complexity index is 222. The molecule has 0 saturated carbocycles. The second-order valence-electron chi connectivity index (χ2n) is 2.48. The van der Waals surface area contributed by atoms with E-state index in [0.29, 0.717) is 6.42 Å². The van der Waals surface area contributed by atoms with E-state index in [1.54, 1.807) is 11.3 Å². The number of nitrogens with zero attached hydrogens (tertiary/aromatic N) is 2. The van der Waals surface area contributed by atoms with Crippen LogP contribution in [0, 0.1) is 0 Å². The summed E-state index contributed by atoms with van der Waals surface area (Å²) in [6.45, 7) is 0.203. The maximum atomic E-state index is 8.63. The van der Waals surface area contributed by atoms with E-state index < -0.39 is 0 Å². The molecule has 1 heterocycles. The summed E-state index contributed by atoms with van der Waals surface area (Å²) < 4.78 is 0. The van der Waals surface area contributed by atoms with Gasteiger partial charge in [0.2, 0.25) is 0 Å². The minimum atomic E-state index is 0.203. The summed E-state index contributed by atoms with van der Waals surface area (Å²) in [6.07, 6.45) is 2.53. The van der Waals surface area contributed by atoms with Gasteiger partial charge in [0.05, 0.1) is 0 Å². The van der Waals surface area contributed by atoms with E-state index in [-0.39, 0.29) is 6.61 Å². The Morgan fingerprint density at radius 1 is 1.64 bits per heavy atom. The molecule has 0 amide bonds. The highest BCUT2D eigenvalue weighted by molar-refractivity contribution is 7.15. The van der Waals surface area contributed by atoms with Crippen molar-refractivity contribution in [3.8, 4) is 0 Å². The molecule has 0 atom stereocenters. The van der Waals surface area contributed by atoms with Crippen molar-refractivity contribution in [1.82, 2.24) is 4.98 Å². The molecule has 1 N–H and O–H groups in total. The van der Waals surface area contributed by atoms with Crippen LogP contribution in [0.4, 0.5) is 5.13 Å². The summed E-state index contributed by atoms with van der Waals surface area (Å²) in [5.74, 6) is 0. The van der Waals surface area contributed by atoms with Crippen LogP contribution in [0.1, 0.15) is 4.88 Å². The minimum absolute atomic E-state index is 0.203. The number of hydrogen-bond acceptors (Lipinski definition) is 4. The number of thiazole rings is 1. The van der Waals surface area contributed by atoms with Gasteiger partial charge in [0.25, 0.3) is 0 Å². The van der Waals surface area contributed by atoms with E-state index in [4.69, 9.17) is 5.11 Å². The van der Waals surface area contributed by atoms with Crippen LogP contribution in [0.5, 0.6) is 0 Å². The molecule has 1 aromatic heterocycles. The van der Waals surface area contributed by atoms with E-state index in [1.807, 2.05) is 25.2 Å². The molecule has 3 nitrogen and oxygen atoms in total. The van der Waals surface area contributed by atoms with Crippen LogP contribution in [0.3, 0.4) is 0 Å². The van der Waals surface area contributed by atoms with Crippen LogP contribution >= 0.6 is 11.3 Å². The smallest absolute Gasteiger partial charge is 0.184 e. The van der Waals surface area contributed by atoms with E-state index in [9.17, 15) is 0 Å². The number of rotatable bonds is 3. The Morgan fingerprint density at radius 3 is 2.82 bits per heavy atom. The van der Waals surface area contributed by atoms with Crippen LogP contribution in [0.25, 0.3) is 0 Å². The average molecular weight is 172 g/mol. The fourth-order valence-electron chi connectivity index (χ4n) is 0.730. The molecule has 0 aliphatic carbocycles. The average Bonchev–Trinajstić information content (AvgIpc) is 2.37. The lowest BCUT2D eigenvalue weighted by molar-refractivity contribution is 0.300. The van der Waals surface area contributed by atoms with Crippen LogP contribution in [-0.4, -0.2) is 30.8 Å². The number of aliphatic hydroxyl groups is 1. The molecule has 0 aliphatic heterocycles. The van der Waals surface area contributed by atoms with Gasteiger partial charge in [-0.3, -0.25) is 0 Å². The van der Waals surface area contributed by atoms with Gasteiger partial charge in [-0.2, -0.15) is 0 Å². The zero-order valence-corrected chi connectivity index (χ0v) is 7.56. The quantitative estimate of drug-likeness (QED) is 0.730. The SMILES string of the molecule is CN(C)c1ncc(CCO)s1. The van der Waals surface area contributed by atoms with Crippen molar-refractivity contribution >= 4 is 16.5 Å². The maximum Gasteiger partial charge on any atom is 0.184 e. The van der Waals surface area contributed by atoms with Gasteiger partial charge in [0.1, 0.15) is 0 Å². The third kappa shape index (κ3) is 2.17. The Balaban J connectivity index is 2.66. The molecule has 4 heteroatoms. The third-order valence-electron chi connectivity index (χ3n) is 1.28. The van der Waals surface area contributed by atoms with Gasteiger partial charge in [-0.15, -0.1) is 11.3 Å². The molecular formula is C7H12N2OS. The number of anilines is 1.